The number of hydrogen-bond donors (Lipinski definition) is 0. The summed E-state index contributed by atoms with van der Waals surface area (Å²) in [7, 11) is 0. The van der Waals surface area contributed by atoms with Crippen molar-refractivity contribution in [2.24, 2.45) is 0 Å². The Morgan fingerprint density at radius 3 is 2.85 bits per heavy atom. The predicted octanol–water partition coefficient (Wildman–Crippen LogP) is 5.50. The zero-order valence-electron chi connectivity index (χ0n) is 10.3. The lowest BCUT2D eigenvalue weighted by atomic mass is 10.0. The fraction of sp³-hybridized carbons (Fsp3) is 0.200. The van der Waals surface area contributed by atoms with Crippen LogP contribution in [0.25, 0.3) is 0 Å². The Hall–Kier alpha value is -0.770. The van der Waals surface area contributed by atoms with Crippen LogP contribution >= 0.6 is 39.1 Å². The number of hydrogen-bond acceptors (Lipinski definition) is 1. The molecule has 0 radical (unpaired) electrons. The first-order chi connectivity index (χ1) is 9.56. The van der Waals surface area contributed by atoms with E-state index in [0.717, 1.165) is 23.3 Å². The van der Waals surface area contributed by atoms with Crippen LogP contribution in [-0.2, 0) is 6.42 Å². The lowest BCUT2D eigenvalue weighted by molar-refractivity contribution is 0.357. The fourth-order valence-corrected chi connectivity index (χ4v) is 3.07. The van der Waals surface area contributed by atoms with Gasteiger partial charge in [-0.1, -0.05) is 23.7 Å². The van der Waals surface area contributed by atoms with E-state index in [0.29, 0.717) is 21.7 Å². The Morgan fingerprint density at radius 1 is 1.25 bits per heavy atom. The van der Waals surface area contributed by atoms with Gasteiger partial charge in [0.2, 0.25) is 0 Å². The van der Waals surface area contributed by atoms with Crippen LogP contribution < -0.4 is 4.74 Å². The first kappa shape index (κ1) is 14.2. The second kappa shape index (κ2) is 5.55. The number of fused-ring (bicyclic) bond motifs is 1. The van der Waals surface area contributed by atoms with E-state index >= 15 is 0 Å². The van der Waals surface area contributed by atoms with E-state index < -0.39 is 5.38 Å². The summed E-state index contributed by atoms with van der Waals surface area (Å²) < 4.78 is 20.0. The highest BCUT2D eigenvalue weighted by Crippen LogP contribution is 2.37. The monoisotopic (exact) mass is 374 g/mol. The topological polar surface area (TPSA) is 9.23 Å². The molecule has 2 aromatic rings. The van der Waals surface area contributed by atoms with Gasteiger partial charge in [0, 0.05) is 16.5 Å². The zero-order valence-corrected chi connectivity index (χ0v) is 13.4. The Morgan fingerprint density at radius 2 is 2.05 bits per heavy atom. The van der Waals surface area contributed by atoms with E-state index in [1.165, 1.54) is 6.07 Å². The molecule has 0 aliphatic carbocycles. The Bertz CT molecular complexity index is 675. The molecule has 1 heterocycles. The largest absolute Gasteiger partial charge is 0.493 e. The van der Waals surface area contributed by atoms with Crippen molar-refractivity contribution in [3.8, 4) is 5.75 Å². The van der Waals surface area contributed by atoms with Crippen LogP contribution in [0.3, 0.4) is 0 Å². The summed E-state index contributed by atoms with van der Waals surface area (Å²) in [4.78, 5) is 0. The summed E-state index contributed by atoms with van der Waals surface area (Å²) >= 11 is 15.6. The standard InChI is InChI=1S/C15H10BrCl2FO/c16-11-7-13(19)10(6-12(11)17)15(18)9-1-2-14-8(5-9)3-4-20-14/h1-2,5-7,15H,3-4H2. The van der Waals surface area contributed by atoms with Gasteiger partial charge in [0.25, 0.3) is 0 Å². The first-order valence-corrected chi connectivity index (χ1v) is 7.71. The highest BCUT2D eigenvalue weighted by atomic mass is 79.9. The van der Waals surface area contributed by atoms with Gasteiger partial charge in [-0.25, -0.2) is 4.39 Å². The minimum Gasteiger partial charge on any atom is -0.493 e. The van der Waals surface area contributed by atoms with Gasteiger partial charge in [-0.05, 0) is 45.3 Å². The lowest BCUT2D eigenvalue weighted by Crippen LogP contribution is -1.98. The van der Waals surface area contributed by atoms with Gasteiger partial charge in [0.1, 0.15) is 11.6 Å². The first-order valence-electron chi connectivity index (χ1n) is 6.10. The molecule has 0 spiro atoms. The molecule has 0 saturated heterocycles. The minimum atomic E-state index is -0.577. The van der Waals surface area contributed by atoms with Crippen molar-refractivity contribution in [3.63, 3.8) is 0 Å². The third-order valence-corrected chi connectivity index (χ3v) is 5.00. The maximum atomic E-state index is 14.0. The van der Waals surface area contributed by atoms with Crippen LogP contribution in [0.1, 0.15) is 22.1 Å². The third-order valence-electron chi connectivity index (χ3n) is 3.32. The average Bonchev–Trinajstić information content (AvgIpc) is 2.89. The van der Waals surface area contributed by atoms with E-state index in [-0.39, 0.29) is 5.82 Å². The quantitative estimate of drug-likeness (QED) is 0.497. The predicted molar refractivity (Wildman–Crippen MR) is 82.4 cm³/mol. The smallest absolute Gasteiger partial charge is 0.129 e. The molecule has 0 aromatic heterocycles. The van der Waals surface area contributed by atoms with Gasteiger partial charge in [0.15, 0.2) is 0 Å². The molecule has 1 aliphatic heterocycles. The van der Waals surface area contributed by atoms with Gasteiger partial charge in [-0.2, -0.15) is 0 Å². The van der Waals surface area contributed by atoms with Crippen LogP contribution in [0.2, 0.25) is 5.02 Å². The molecule has 0 saturated carbocycles. The van der Waals surface area contributed by atoms with Crippen molar-refractivity contribution in [3.05, 3.63) is 62.3 Å². The maximum absolute atomic E-state index is 14.0. The fourth-order valence-electron chi connectivity index (χ4n) is 2.28. The Labute approximate surface area is 134 Å². The molecule has 1 aliphatic rings. The van der Waals surface area contributed by atoms with Crippen LogP contribution in [0.5, 0.6) is 5.75 Å². The summed E-state index contributed by atoms with van der Waals surface area (Å²) in [5.41, 5.74) is 2.32. The summed E-state index contributed by atoms with van der Waals surface area (Å²) in [5.74, 6) is 0.505. The molecule has 1 unspecified atom stereocenters. The molecule has 104 valence electrons. The molecule has 2 aromatic carbocycles. The molecular formula is C15H10BrCl2FO. The van der Waals surface area contributed by atoms with Gasteiger partial charge < -0.3 is 4.74 Å². The minimum absolute atomic E-state index is 0.374. The van der Waals surface area contributed by atoms with E-state index in [4.69, 9.17) is 27.9 Å². The lowest BCUT2D eigenvalue weighted by Gasteiger charge is -2.13. The maximum Gasteiger partial charge on any atom is 0.129 e. The molecular weight excluding hydrogens is 366 g/mol. The number of rotatable bonds is 2. The van der Waals surface area contributed by atoms with Crippen molar-refractivity contribution >= 4 is 39.1 Å². The van der Waals surface area contributed by atoms with Crippen molar-refractivity contribution in [1.82, 2.24) is 0 Å². The summed E-state index contributed by atoms with van der Waals surface area (Å²) in [6.45, 7) is 0.685. The molecule has 1 nitrogen and oxygen atoms in total. The molecule has 0 bridgehead atoms. The highest BCUT2D eigenvalue weighted by Gasteiger charge is 2.20. The van der Waals surface area contributed by atoms with E-state index in [9.17, 15) is 4.39 Å². The van der Waals surface area contributed by atoms with Gasteiger partial charge in [-0.15, -0.1) is 11.6 Å². The van der Waals surface area contributed by atoms with E-state index in [2.05, 4.69) is 15.9 Å². The van der Waals surface area contributed by atoms with E-state index in [1.54, 1.807) is 6.07 Å². The number of benzene rings is 2. The SMILES string of the molecule is Fc1cc(Br)c(Cl)cc1C(Cl)c1ccc2c(c1)CCO2. The van der Waals surface area contributed by atoms with Crippen LogP contribution in [0.15, 0.2) is 34.8 Å². The zero-order chi connectivity index (χ0) is 14.3. The molecule has 1 atom stereocenters. The van der Waals surface area contributed by atoms with Crippen LogP contribution in [0.4, 0.5) is 4.39 Å². The van der Waals surface area contributed by atoms with E-state index in [1.807, 2.05) is 18.2 Å². The number of ether oxygens (including phenoxy) is 1. The Kier molecular flexibility index (Phi) is 3.93. The second-order valence-corrected chi connectivity index (χ2v) is 6.31. The van der Waals surface area contributed by atoms with Crippen molar-refractivity contribution < 1.29 is 9.13 Å². The second-order valence-electron chi connectivity index (χ2n) is 4.62. The van der Waals surface area contributed by atoms with Crippen molar-refractivity contribution in [2.75, 3.05) is 6.61 Å². The molecule has 0 fully saturated rings. The third kappa shape index (κ3) is 2.54. The average molecular weight is 376 g/mol. The molecule has 0 amide bonds. The van der Waals surface area contributed by atoms with Crippen molar-refractivity contribution in [1.29, 1.82) is 0 Å². The molecule has 20 heavy (non-hydrogen) atoms. The van der Waals surface area contributed by atoms with Crippen LogP contribution in [0, 0.1) is 5.82 Å². The summed E-state index contributed by atoms with van der Waals surface area (Å²) in [6.07, 6.45) is 0.857. The number of halogens is 4. The number of alkyl halides is 1. The molecule has 5 heteroatoms. The van der Waals surface area contributed by atoms with Gasteiger partial charge >= 0.3 is 0 Å². The van der Waals surface area contributed by atoms with Crippen molar-refractivity contribution in [2.45, 2.75) is 11.8 Å². The molecule has 0 N–H and O–H groups in total. The summed E-state index contributed by atoms with van der Waals surface area (Å²) in [5, 5.41) is -0.136. The highest BCUT2D eigenvalue weighted by molar-refractivity contribution is 9.10. The Balaban J connectivity index is 2.00. The van der Waals surface area contributed by atoms with Gasteiger partial charge in [0.05, 0.1) is 17.0 Å². The van der Waals surface area contributed by atoms with Crippen LogP contribution in [-0.4, -0.2) is 6.61 Å². The van der Waals surface area contributed by atoms with Gasteiger partial charge in [-0.3, -0.25) is 0 Å². The summed E-state index contributed by atoms with van der Waals surface area (Å²) in [6, 6.07) is 8.60. The molecule has 3 rings (SSSR count). The normalized spacial score (nSPS) is 14.8.